The van der Waals surface area contributed by atoms with E-state index in [0.717, 1.165) is 11.3 Å². The summed E-state index contributed by atoms with van der Waals surface area (Å²) in [6, 6.07) is 3.84. The second-order valence-corrected chi connectivity index (χ2v) is 5.68. The van der Waals surface area contributed by atoms with Gasteiger partial charge in [0.15, 0.2) is 0 Å². The molecule has 2 N–H and O–H groups in total. The highest BCUT2D eigenvalue weighted by molar-refractivity contribution is 7.13. The molecular weight excluding hydrogens is 290 g/mol. The summed E-state index contributed by atoms with van der Waals surface area (Å²) in [7, 11) is 0. The minimum atomic E-state index is -0.479. The summed E-state index contributed by atoms with van der Waals surface area (Å²) in [6.45, 7) is 2.28. The van der Waals surface area contributed by atoms with Gasteiger partial charge in [0.25, 0.3) is 0 Å². The number of carbonyl (C=O) groups is 1. The van der Waals surface area contributed by atoms with Crippen LogP contribution in [0.1, 0.15) is 32.1 Å². The molecule has 1 atom stereocenters. The molecule has 0 saturated carbocycles. The third kappa shape index (κ3) is 4.95. The molecule has 6 nitrogen and oxygen atoms in total. The van der Waals surface area contributed by atoms with Crippen molar-refractivity contribution in [2.75, 3.05) is 6.54 Å². The summed E-state index contributed by atoms with van der Waals surface area (Å²) in [5.41, 5.74) is 0. The van der Waals surface area contributed by atoms with Crippen LogP contribution >= 0.6 is 11.3 Å². The molecule has 7 heteroatoms. The first-order chi connectivity index (χ1) is 10.2. The standard InChI is InChI=1S/C14H19N3O3S/c1-2-4-10(18)9-15-12(19)6-7-13-16-14(17-20-13)11-5-3-8-21-11/h3,5,8,10,18H,2,4,6-7,9H2,1H3,(H,15,19). The Balaban J connectivity index is 1.74. The number of aliphatic hydroxyl groups excluding tert-OH is 1. The monoisotopic (exact) mass is 309 g/mol. The molecule has 0 spiro atoms. The van der Waals surface area contributed by atoms with Crippen molar-refractivity contribution in [2.24, 2.45) is 0 Å². The van der Waals surface area contributed by atoms with Crippen LogP contribution in [-0.4, -0.2) is 33.8 Å². The van der Waals surface area contributed by atoms with Gasteiger partial charge in [-0.3, -0.25) is 4.79 Å². The van der Waals surface area contributed by atoms with E-state index in [0.29, 0.717) is 24.6 Å². The molecule has 0 aliphatic heterocycles. The van der Waals surface area contributed by atoms with Gasteiger partial charge in [0.2, 0.25) is 17.6 Å². The summed E-state index contributed by atoms with van der Waals surface area (Å²) in [5, 5.41) is 18.1. The Hall–Kier alpha value is -1.73. The zero-order valence-corrected chi connectivity index (χ0v) is 12.7. The average Bonchev–Trinajstić information content (AvgIpc) is 3.13. The van der Waals surface area contributed by atoms with Crippen molar-refractivity contribution >= 4 is 17.2 Å². The lowest BCUT2D eigenvalue weighted by Gasteiger charge is -2.09. The van der Waals surface area contributed by atoms with Crippen LogP contribution in [0, 0.1) is 0 Å². The average molecular weight is 309 g/mol. The fourth-order valence-electron chi connectivity index (χ4n) is 1.84. The number of nitrogens with zero attached hydrogens (tertiary/aromatic N) is 2. The van der Waals surface area contributed by atoms with E-state index in [1.807, 2.05) is 24.4 Å². The van der Waals surface area contributed by atoms with Crippen LogP contribution in [0.5, 0.6) is 0 Å². The van der Waals surface area contributed by atoms with Gasteiger partial charge in [0.05, 0.1) is 11.0 Å². The summed E-state index contributed by atoms with van der Waals surface area (Å²) in [5.74, 6) is 0.877. The van der Waals surface area contributed by atoms with Crippen molar-refractivity contribution in [3.63, 3.8) is 0 Å². The van der Waals surface area contributed by atoms with Gasteiger partial charge in [0.1, 0.15) is 0 Å². The Bertz CT molecular complexity index is 554. The molecule has 0 fully saturated rings. The van der Waals surface area contributed by atoms with Crippen molar-refractivity contribution in [3.8, 4) is 10.7 Å². The lowest BCUT2D eigenvalue weighted by Crippen LogP contribution is -2.32. The van der Waals surface area contributed by atoms with Gasteiger partial charge in [-0.1, -0.05) is 24.6 Å². The maximum Gasteiger partial charge on any atom is 0.227 e. The molecule has 114 valence electrons. The van der Waals surface area contributed by atoms with Crippen LogP contribution in [0.3, 0.4) is 0 Å². The third-order valence-electron chi connectivity index (χ3n) is 2.93. The lowest BCUT2D eigenvalue weighted by atomic mass is 10.2. The summed E-state index contributed by atoms with van der Waals surface area (Å²) in [4.78, 5) is 16.8. The Morgan fingerprint density at radius 3 is 3.14 bits per heavy atom. The molecule has 1 amide bonds. The Morgan fingerprint density at radius 1 is 1.57 bits per heavy atom. The predicted molar refractivity (Wildman–Crippen MR) is 79.9 cm³/mol. The number of hydrogen-bond donors (Lipinski definition) is 2. The number of hydrogen-bond acceptors (Lipinski definition) is 6. The van der Waals surface area contributed by atoms with E-state index in [9.17, 15) is 9.90 Å². The topological polar surface area (TPSA) is 88.2 Å². The number of amides is 1. The van der Waals surface area contributed by atoms with Crippen LogP contribution in [0.25, 0.3) is 10.7 Å². The van der Waals surface area contributed by atoms with Crippen LogP contribution in [0.4, 0.5) is 0 Å². The van der Waals surface area contributed by atoms with Gasteiger partial charge < -0.3 is 14.9 Å². The van der Waals surface area contributed by atoms with Crippen LogP contribution in [-0.2, 0) is 11.2 Å². The highest BCUT2D eigenvalue weighted by Gasteiger charge is 2.12. The van der Waals surface area contributed by atoms with Gasteiger partial charge in [-0.05, 0) is 17.9 Å². The summed E-state index contributed by atoms with van der Waals surface area (Å²) < 4.78 is 5.12. The number of aromatic nitrogens is 2. The van der Waals surface area contributed by atoms with E-state index in [4.69, 9.17) is 4.52 Å². The quantitative estimate of drug-likeness (QED) is 0.778. The number of nitrogens with one attached hydrogen (secondary N) is 1. The van der Waals surface area contributed by atoms with E-state index in [-0.39, 0.29) is 18.9 Å². The second-order valence-electron chi connectivity index (χ2n) is 4.74. The highest BCUT2D eigenvalue weighted by Crippen LogP contribution is 2.21. The molecule has 2 aromatic rings. The van der Waals surface area contributed by atoms with Crippen molar-refractivity contribution in [3.05, 3.63) is 23.4 Å². The molecule has 2 rings (SSSR count). The molecule has 0 aliphatic carbocycles. The smallest absolute Gasteiger partial charge is 0.227 e. The first kappa shape index (κ1) is 15.7. The van der Waals surface area contributed by atoms with E-state index >= 15 is 0 Å². The minimum Gasteiger partial charge on any atom is -0.391 e. The largest absolute Gasteiger partial charge is 0.391 e. The molecule has 0 aliphatic rings. The number of aliphatic hydroxyl groups is 1. The maximum absolute atomic E-state index is 11.7. The molecular formula is C14H19N3O3S. The molecule has 2 aromatic heterocycles. The minimum absolute atomic E-state index is 0.124. The van der Waals surface area contributed by atoms with Crippen LogP contribution in [0.2, 0.25) is 0 Å². The van der Waals surface area contributed by atoms with E-state index in [1.54, 1.807) is 0 Å². The number of carbonyl (C=O) groups excluding carboxylic acids is 1. The van der Waals surface area contributed by atoms with Gasteiger partial charge in [-0.15, -0.1) is 11.3 Å². The molecule has 0 saturated heterocycles. The first-order valence-corrected chi connectivity index (χ1v) is 7.88. The first-order valence-electron chi connectivity index (χ1n) is 7.00. The lowest BCUT2D eigenvalue weighted by molar-refractivity contribution is -0.121. The molecule has 21 heavy (non-hydrogen) atoms. The molecule has 2 heterocycles. The summed E-state index contributed by atoms with van der Waals surface area (Å²) in [6.07, 6.45) is 1.77. The third-order valence-corrected chi connectivity index (χ3v) is 3.80. The fourth-order valence-corrected chi connectivity index (χ4v) is 2.49. The van der Waals surface area contributed by atoms with Crippen molar-refractivity contribution in [1.82, 2.24) is 15.5 Å². The van der Waals surface area contributed by atoms with Gasteiger partial charge in [-0.25, -0.2) is 0 Å². The Kier molecular flexibility index (Phi) is 5.89. The Morgan fingerprint density at radius 2 is 2.43 bits per heavy atom. The van der Waals surface area contributed by atoms with Crippen LogP contribution < -0.4 is 5.32 Å². The molecule has 0 aromatic carbocycles. The predicted octanol–water partition coefficient (Wildman–Crippen LogP) is 2.01. The molecule has 1 unspecified atom stereocenters. The molecule has 0 bridgehead atoms. The maximum atomic E-state index is 11.7. The van der Waals surface area contributed by atoms with Gasteiger partial charge >= 0.3 is 0 Å². The number of thiophene rings is 1. The van der Waals surface area contributed by atoms with Crippen molar-refractivity contribution < 1.29 is 14.4 Å². The summed E-state index contributed by atoms with van der Waals surface area (Å²) >= 11 is 1.54. The normalized spacial score (nSPS) is 12.3. The molecule has 0 radical (unpaired) electrons. The number of aryl methyl sites for hydroxylation is 1. The zero-order valence-electron chi connectivity index (χ0n) is 11.9. The van der Waals surface area contributed by atoms with Gasteiger partial charge in [-0.2, -0.15) is 4.98 Å². The highest BCUT2D eigenvalue weighted by atomic mass is 32.1. The van der Waals surface area contributed by atoms with E-state index in [1.165, 1.54) is 11.3 Å². The SMILES string of the molecule is CCCC(O)CNC(=O)CCc1nc(-c2cccs2)no1. The van der Waals surface area contributed by atoms with Crippen molar-refractivity contribution in [2.45, 2.75) is 38.7 Å². The van der Waals surface area contributed by atoms with E-state index in [2.05, 4.69) is 15.5 Å². The number of rotatable bonds is 8. The van der Waals surface area contributed by atoms with Crippen molar-refractivity contribution in [1.29, 1.82) is 0 Å². The second kappa shape index (κ2) is 7.90. The Labute approximate surface area is 127 Å². The van der Waals surface area contributed by atoms with Gasteiger partial charge in [0, 0.05) is 19.4 Å². The fraction of sp³-hybridized carbons (Fsp3) is 0.500. The zero-order chi connectivity index (χ0) is 15.1. The van der Waals surface area contributed by atoms with E-state index < -0.39 is 6.10 Å². The van der Waals surface area contributed by atoms with Crippen LogP contribution in [0.15, 0.2) is 22.0 Å².